The Morgan fingerprint density at radius 1 is 0.907 bits per heavy atom. The Kier molecular flexibility index (Phi) is 9.05. The summed E-state index contributed by atoms with van der Waals surface area (Å²) in [5, 5.41) is 15.7. The predicted octanol–water partition coefficient (Wildman–Crippen LogP) is 4.45. The van der Waals surface area contributed by atoms with E-state index in [2.05, 4.69) is 5.32 Å². The van der Waals surface area contributed by atoms with Gasteiger partial charge in [0.05, 0.1) is 17.7 Å². The van der Waals surface area contributed by atoms with Crippen LogP contribution in [0.3, 0.4) is 0 Å². The lowest BCUT2D eigenvalue weighted by atomic mass is 9.65. The van der Waals surface area contributed by atoms with Crippen molar-refractivity contribution in [3.63, 3.8) is 0 Å². The fraction of sp³-hybridized carbons (Fsp3) is 0.629. The predicted molar refractivity (Wildman–Crippen MR) is 168 cm³/mol. The fourth-order valence-electron chi connectivity index (χ4n) is 8.32. The van der Waals surface area contributed by atoms with Crippen LogP contribution in [0.15, 0.2) is 47.4 Å². The van der Waals surface area contributed by atoms with Crippen molar-refractivity contribution in [1.82, 2.24) is 19.7 Å². The van der Waals surface area contributed by atoms with Crippen LogP contribution in [-0.4, -0.2) is 76.2 Å². The third-order valence-electron chi connectivity index (χ3n) is 11.0. The molecule has 1 unspecified atom stereocenters. The zero-order valence-electron chi connectivity index (χ0n) is 25.6. The Balaban J connectivity index is 1.25. The van der Waals surface area contributed by atoms with E-state index in [1.54, 1.807) is 16.8 Å². The molecule has 1 aromatic heterocycles. The van der Waals surface area contributed by atoms with Gasteiger partial charge in [0.1, 0.15) is 0 Å². The Labute approximate surface area is 255 Å². The molecule has 1 atom stereocenters. The first-order chi connectivity index (χ1) is 20.9. The number of hydrogen-bond donors (Lipinski definition) is 2. The van der Waals surface area contributed by atoms with Crippen molar-refractivity contribution in [2.24, 2.45) is 11.3 Å². The minimum atomic E-state index is -1.13. The fourth-order valence-corrected chi connectivity index (χ4v) is 8.32. The van der Waals surface area contributed by atoms with Gasteiger partial charge in [0, 0.05) is 68.9 Å². The molecule has 2 aliphatic carbocycles. The normalized spacial score (nSPS) is 24.4. The standard InChI is InChI=1S/C35H48N4O4/c40-31(14-13-27-9-3-1-4-10-27)38-20-17-35(43,34(25-38)15-7-8-16-34)26-39-24-30(33(42)37-21-18-36-19-22-37)29(23-32(39)41)28-11-5-2-6-12-28/h2,5-6,11-12,23-24,27,36,43H,1,3-4,7-10,13-22,25-26H2. The number of nitrogens with one attached hydrogen (secondary N) is 1. The van der Waals surface area contributed by atoms with Gasteiger partial charge in [0.2, 0.25) is 5.91 Å². The van der Waals surface area contributed by atoms with Crippen LogP contribution in [0.25, 0.3) is 11.1 Å². The van der Waals surface area contributed by atoms with E-state index in [4.69, 9.17) is 0 Å². The third kappa shape index (κ3) is 6.32. The molecule has 1 aromatic carbocycles. The Morgan fingerprint density at radius 2 is 1.63 bits per heavy atom. The van der Waals surface area contributed by atoms with E-state index >= 15 is 0 Å². The molecule has 2 saturated carbocycles. The average Bonchev–Trinajstić information content (AvgIpc) is 3.53. The molecule has 6 rings (SSSR count). The maximum absolute atomic E-state index is 13.8. The van der Waals surface area contributed by atoms with Gasteiger partial charge in [-0.2, -0.15) is 0 Å². The van der Waals surface area contributed by atoms with Crippen LogP contribution in [0.5, 0.6) is 0 Å². The molecule has 2 amide bonds. The van der Waals surface area contributed by atoms with Crippen molar-refractivity contribution in [3.8, 4) is 11.1 Å². The van der Waals surface area contributed by atoms with Crippen molar-refractivity contribution in [3.05, 3.63) is 58.5 Å². The third-order valence-corrected chi connectivity index (χ3v) is 11.0. The van der Waals surface area contributed by atoms with Crippen LogP contribution < -0.4 is 10.9 Å². The summed E-state index contributed by atoms with van der Waals surface area (Å²) in [6.07, 6.45) is 13.8. The van der Waals surface area contributed by atoms with E-state index < -0.39 is 11.0 Å². The highest BCUT2D eigenvalue weighted by Gasteiger charge is 2.55. The number of hydrogen-bond acceptors (Lipinski definition) is 5. The Bertz CT molecular complexity index is 1340. The SMILES string of the molecule is O=C(CCC1CCCCC1)N1CCC(O)(Cn2cc(C(=O)N3CCNCC3)c(-c3ccccc3)cc2=O)C2(CCCC2)C1. The Hall–Kier alpha value is -2.97. The molecule has 2 saturated heterocycles. The number of piperidine rings is 1. The summed E-state index contributed by atoms with van der Waals surface area (Å²) in [7, 11) is 0. The van der Waals surface area contributed by atoms with Crippen LogP contribution in [-0.2, 0) is 11.3 Å². The molecule has 4 fully saturated rings. The number of amides is 2. The second-order valence-corrected chi connectivity index (χ2v) is 13.6. The van der Waals surface area contributed by atoms with Gasteiger partial charge in [-0.3, -0.25) is 14.4 Å². The highest BCUT2D eigenvalue weighted by Crippen LogP contribution is 2.51. The van der Waals surface area contributed by atoms with Gasteiger partial charge >= 0.3 is 0 Å². The maximum atomic E-state index is 13.8. The van der Waals surface area contributed by atoms with Gasteiger partial charge < -0.3 is 24.8 Å². The second-order valence-electron chi connectivity index (χ2n) is 13.6. The summed E-state index contributed by atoms with van der Waals surface area (Å²) in [6, 6.07) is 11.2. The van der Waals surface area contributed by atoms with E-state index in [1.807, 2.05) is 40.1 Å². The smallest absolute Gasteiger partial charge is 0.256 e. The number of piperazine rings is 1. The number of carbonyl (C=O) groups is 2. The number of nitrogens with zero attached hydrogens (tertiary/aromatic N) is 3. The van der Waals surface area contributed by atoms with E-state index in [0.29, 0.717) is 56.1 Å². The topological polar surface area (TPSA) is 94.9 Å². The van der Waals surface area contributed by atoms with Gasteiger partial charge in [-0.25, -0.2) is 0 Å². The molecule has 2 aliphatic heterocycles. The van der Waals surface area contributed by atoms with Crippen LogP contribution >= 0.6 is 0 Å². The van der Waals surface area contributed by atoms with Gasteiger partial charge in [-0.15, -0.1) is 0 Å². The highest BCUT2D eigenvalue weighted by atomic mass is 16.3. The quantitative estimate of drug-likeness (QED) is 0.499. The molecule has 4 aliphatic rings. The van der Waals surface area contributed by atoms with Crippen LogP contribution in [0.1, 0.15) is 87.4 Å². The number of likely N-dealkylation sites (tertiary alicyclic amines) is 1. The first kappa shape index (κ1) is 30.1. The molecule has 8 heteroatoms. The number of benzene rings is 1. The molecule has 3 heterocycles. The van der Waals surface area contributed by atoms with Gasteiger partial charge in [-0.05, 0) is 37.2 Å². The minimum Gasteiger partial charge on any atom is -0.387 e. The number of pyridine rings is 1. The maximum Gasteiger partial charge on any atom is 0.256 e. The van der Waals surface area contributed by atoms with Crippen LogP contribution in [0, 0.1) is 11.3 Å². The molecular formula is C35H48N4O4. The second kappa shape index (κ2) is 12.9. The van der Waals surface area contributed by atoms with Crippen LogP contribution in [0.2, 0.25) is 0 Å². The number of aromatic nitrogens is 1. The van der Waals surface area contributed by atoms with Gasteiger partial charge in [-0.1, -0.05) is 75.3 Å². The van der Waals surface area contributed by atoms with E-state index in [0.717, 1.165) is 50.8 Å². The van der Waals surface area contributed by atoms with Gasteiger partial charge in [0.25, 0.3) is 11.5 Å². The number of rotatable bonds is 7. The summed E-state index contributed by atoms with van der Waals surface area (Å²) in [6.45, 7) is 3.90. The molecule has 1 spiro atoms. The highest BCUT2D eigenvalue weighted by molar-refractivity contribution is 6.00. The minimum absolute atomic E-state index is 0.0879. The largest absolute Gasteiger partial charge is 0.387 e. The molecule has 2 aromatic rings. The first-order valence-corrected chi connectivity index (χ1v) is 16.7. The summed E-state index contributed by atoms with van der Waals surface area (Å²) in [5.74, 6) is 0.797. The van der Waals surface area contributed by atoms with Crippen LogP contribution in [0.4, 0.5) is 0 Å². The summed E-state index contributed by atoms with van der Waals surface area (Å²) in [5.41, 5.74) is 0.168. The zero-order chi connectivity index (χ0) is 29.9. The molecule has 0 bridgehead atoms. The lowest BCUT2D eigenvalue weighted by molar-refractivity contribution is -0.160. The van der Waals surface area contributed by atoms with Crippen molar-refractivity contribution >= 4 is 11.8 Å². The molecule has 43 heavy (non-hydrogen) atoms. The lowest BCUT2D eigenvalue weighted by Gasteiger charge is -2.52. The summed E-state index contributed by atoms with van der Waals surface area (Å²) >= 11 is 0. The molecule has 232 valence electrons. The zero-order valence-corrected chi connectivity index (χ0v) is 25.6. The van der Waals surface area contributed by atoms with Gasteiger partial charge in [0.15, 0.2) is 0 Å². The Morgan fingerprint density at radius 3 is 2.35 bits per heavy atom. The first-order valence-electron chi connectivity index (χ1n) is 16.7. The number of carbonyl (C=O) groups excluding carboxylic acids is 2. The summed E-state index contributed by atoms with van der Waals surface area (Å²) in [4.78, 5) is 44.7. The van der Waals surface area contributed by atoms with E-state index in [-0.39, 0.29) is 23.9 Å². The molecule has 0 radical (unpaired) electrons. The van der Waals surface area contributed by atoms with E-state index in [1.165, 1.54) is 32.1 Å². The van der Waals surface area contributed by atoms with Crippen molar-refractivity contribution < 1.29 is 14.7 Å². The lowest BCUT2D eigenvalue weighted by Crippen LogP contribution is -2.62. The molecular weight excluding hydrogens is 540 g/mol. The van der Waals surface area contributed by atoms with E-state index in [9.17, 15) is 19.5 Å². The summed E-state index contributed by atoms with van der Waals surface area (Å²) < 4.78 is 1.57. The van der Waals surface area contributed by atoms with Crippen molar-refractivity contribution in [2.75, 3.05) is 39.3 Å². The monoisotopic (exact) mass is 588 g/mol. The number of aliphatic hydroxyl groups is 1. The average molecular weight is 589 g/mol. The molecule has 2 N–H and O–H groups in total. The van der Waals surface area contributed by atoms with Crippen molar-refractivity contribution in [1.29, 1.82) is 0 Å². The molecule has 8 nitrogen and oxygen atoms in total. The van der Waals surface area contributed by atoms with Crippen molar-refractivity contribution in [2.45, 2.75) is 89.2 Å².